The fourth-order valence-electron chi connectivity index (χ4n) is 1.75. The molecule has 4 heteroatoms. The zero-order valence-corrected chi connectivity index (χ0v) is 9.88. The number of aliphatic hydroxyl groups excluding tert-OH is 1. The molecule has 0 saturated carbocycles. The Bertz CT molecular complexity index is 275. The maximum absolute atomic E-state index is 11.8. The van der Waals surface area contributed by atoms with E-state index in [9.17, 15) is 9.90 Å². The third-order valence-corrected chi connectivity index (χ3v) is 3.11. The number of halogens is 1. The summed E-state index contributed by atoms with van der Waals surface area (Å²) in [5.41, 5.74) is 1.02. The highest BCUT2D eigenvalue weighted by molar-refractivity contribution is 6.35. The average Bonchev–Trinajstić information content (AvgIpc) is 2.28. The van der Waals surface area contributed by atoms with Gasteiger partial charge in [0, 0.05) is 13.0 Å². The first-order chi connectivity index (χ1) is 7.00. The molecule has 1 aliphatic carbocycles. The van der Waals surface area contributed by atoms with Crippen molar-refractivity contribution < 1.29 is 14.6 Å². The standard InChI is InChI=1S/C11H17ClO3/c1-3-15-10(14)11(12)7-8(2)5-4-6-9(11)13/h5,10,14H,3-4,6-7H2,1-2H3. The van der Waals surface area contributed by atoms with Crippen LogP contribution in [-0.4, -0.2) is 28.7 Å². The van der Waals surface area contributed by atoms with Gasteiger partial charge in [0.2, 0.25) is 0 Å². The van der Waals surface area contributed by atoms with Gasteiger partial charge in [-0.3, -0.25) is 4.79 Å². The molecule has 0 radical (unpaired) electrons. The van der Waals surface area contributed by atoms with Crippen LogP contribution in [0.2, 0.25) is 0 Å². The van der Waals surface area contributed by atoms with Gasteiger partial charge >= 0.3 is 0 Å². The van der Waals surface area contributed by atoms with Crippen molar-refractivity contribution in [1.29, 1.82) is 0 Å². The second kappa shape index (κ2) is 5.10. The number of carbonyl (C=O) groups excluding carboxylic acids is 1. The van der Waals surface area contributed by atoms with Crippen LogP contribution in [0.5, 0.6) is 0 Å². The monoisotopic (exact) mass is 232 g/mol. The number of Topliss-reactive ketones (excluding diaryl/α,β-unsaturated/α-hetero) is 1. The van der Waals surface area contributed by atoms with Crippen LogP contribution in [0.1, 0.15) is 33.1 Å². The molecule has 0 amide bonds. The number of hydrogen-bond acceptors (Lipinski definition) is 3. The summed E-state index contributed by atoms with van der Waals surface area (Å²) in [7, 11) is 0. The Hall–Kier alpha value is -0.380. The molecule has 1 aliphatic rings. The Kier molecular flexibility index (Phi) is 4.32. The predicted octanol–water partition coefficient (Wildman–Crippen LogP) is 2.02. The lowest BCUT2D eigenvalue weighted by Crippen LogP contribution is -2.45. The highest BCUT2D eigenvalue weighted by Gasteiger charge is 2.44. The van der Waals surface area contributed by atoms with Crippen molar-refractivity contribution in [3.63, 3.8) is 0 Å². The van der Waals surface area contributed by atoms with Gasteiger partial charge in [-0.2, -0.15) is 0 Å². The summed E-state index contributed by atoms with van der Waals surface area (Å²) in [4.78, 5) is 10.5. The van der Waals surface area contributed by atoms with Crippen molar-refractivity contribution in [2.24, 2.45) is 0 Å². The van der Waals surface area contributed by atoms with Gasteiger partial charge in [-0.1, -0.05) is 11.6 Å². The second-order valence-corrected chi connectivity index (χ2v) is 4.53. The lowest BCUT2D eigenvalue weighted by molar-refractivity contribution is -0.146. The number of alkyl halides is 1. The van der Waals surface area contributed by atoms with Crippen molar-refractivity contribution in [3.05, 3.63) is 11.6 Å². The molecule has 0 spiro atoms. The molecule has 3 nitrogen and oxygen atoms in total. The van der Waals surface area contributed by atoms with Gasteiger partial charge < -0.3 is 9.84 Å². The van der Waals surface area contributed by atoms with E-state index in [1.54, 1.807) is 6.92 Å². The Morgan fingerprint density at radius 1 is 1.73 bits per heavy atom. The molecular weight excluding hydrogens is 216 g/mol. The molecule has 0 heterocycles. The molecule has 2 unspecified atom stereocenters. The summed E-state index contributed by atoms with van der Waals surface area (Å²) in [5, 5.41) is 9.74. The molecule has 15 heavy (non-hydrogen) atoms. The predicted molar refractivity (Wildman–Crippen MR) is 58.8 cm³/mol. The number of allylic oxidation sites excluding steroid dienone is 2. The summed E-state index contributed by atoms with van der Waals surface area (Å²) < 4.78 is 5.03. The van der Waals surface area contributed by atoms with Crippen LogP contribution in [0.15, 0.2) is 11.6 Å². The van der Waals surface area contributed by atoms with Gasteiger partial charge in [0.05, 0.1) is 0 Å². The van der Waals surface area contributed by atoms with Crippen molar-refractivity contribution in [3.8, 4) is 0 Å². The number of rotatable bonds is 3. The van der Waals surface area contributed by atoms with E-state index < -0.39 is 11.2 Å². The minimum atomic E-state index is -1.30. The number of carbonyl (C=O) groups is 1. The molecule has 2 atom stereocenters. The Morgan fingerprint density at radius 2 is 2.40 bits per heavy atom. The minimum absolute atomic E-state index is 0.141. The van der Waals surface area contributed by atoms with Crippen molar-refractivity contribution in [2.45, 2.75) is 44.3 Å². The van der Waals surface area contributed by atoms with Gasteiger partial charge in [-0.05, 0) is 26.7 Å². The van der Waals surface area contributed by atoms with Crippen molar-refractivity contribution in [1.82, 2.24) is 0 Å². The quantitative estimate of drug-likeness (QED) is 0.460. The van der Waals surface area contributed by atoms with Crippen LogP contribution in [0.4, 0.5) is 0 Å². The van der Waals surface area contributed by atoms with Crippen LogP contribution < -0.4 is 0 Å². The number of ketones is 1. The lowest BCUT2D eigenvalue weighted by Gasteiger charge is -2.29. The van der Waals surface area contributed by atoms with Gasteiger partial charge in [-0.15, -0.1) is 11.6 Å². The van der Waals surface area contributed by atoms with Crippen LogP contribution in [0.3, 0.4) is 0 Å². The Balaban J connectivity index is 2.86. The zero-order valence-electron chi connectivity index (χ0n) is 9.12. The first kappa shape index (κ1) is 12.7. The fraction of sp³-hybridized carbons (Fsp3) is 0.727. The first-order valence-electron chi connectivity index (χ1n) is 5.18. The molecule has 1 N–H and O–H groups in total. The topological polar surface area (TPSA) is 46.5 Å². The fourth-order valence-corrected chi connectivity index (χ4v) is 2.12. The van der Waals surface area contributed by atoms with Gasteiger partial charge in [0.1, 0.15) is 0 Å². The molecule has 0 aromatic carbocycles. The molecule has 0 fully saturated rings. The summed E-state index contributed by atoms with van der Waals surface area (Å²) in [6.07, 6.45) is 2.18. The Labute approximate surface area is 95.1 Å². The highest BCUT2D eigenvalue weighted by atomic mass is 35.5. The summed E-state index contributed by atoms with van der Waals surface area (Å²) in [6.45, 7) is 4.01. The maximum Gasteiger partial charge on any atom is 0.181 e. The van der Waals surface area contributed by atoms with E-state index in [-0.39, 0.29) is 5.78 Å². The first-order valence-corrected chi connectivity index (χ1v) is 5.56. The molecule has 86 valence electrons. The average molecular weight is 233 g/mol. The molecular formula is C11H17ClO3. The lowest BCUT2D eigenvalue weighted by atomic mass is 9.95. The maximum atomic E-state index is 11.8. The van der Waals surface area contributed by atoms with Crippen molar-refractivity contribution >= 4 is 17.4 Å². The van der Waals surface area contributed by atoms with Gasteiger partial charge in [-0.25, -0.2) is 0 Å². The molecule has 0 bridgehead atoms. The molecule has 0 saturated heterocycles. The second-order valence-electron chi connectivity index (χ2n) is 3.86. The van der Waals surface area contributed by atoms with Crippen LogP contribution >= 0.6 is 11.6 Å². The van der Waals surface area contributed by atoms with E-state index >= 15 is 0 Å². The minimum Gasteiger partial charge on any atom is -0.366 e. The van der Waals surface area contributed by atoms with E-state index in [1.807, 2.05) is 13.0 Å². The third kappa shape index (κ3) is 2.80. The number of aliphatic hydroxyl groups is 1. The van der Waals surface area contributed by atoms with E-state index in [0.717, 1.165) is 5.57 Å². The normalized spacial score (nSPS) is 29.6. The summed E-state index contributed by atoms with van der Waals surface area (Å²) in [5.74, 6) is -0.141. The van der Waals surface area contributed by atoms with Gasteiger partial charge in [0.25, 0.3) is 0 Å². The van der Waals surface area contributed by atoms with E-state index in [2.05, 4.69) is 0 Å². The highest BCUT2D eigenvalue weighted by Crippen LogP contribution is 2.34. The van der Waals surface area contributed by atoms with Gasteiger partial charge in [0.15, 0.2) is 16.9 Å². The SMILES string of the molecule is CCOC(O)C1(Cl)CC(C)=CCCC1=O. The molecule has 0 aromatic heterocycles. The molecule has 0 aromatic rings. The summed E-state index contributed by atoms with van der Waals surface area (Å²) >= 11 is 6.19. The van der Waals surface area contributed by atoms with Crippen LogP contribution in [0.25, 0.3) is 0 Å². The zero-order chi connectivity index (χ0) is 11.5. The largest absolute Gasteiger partial charge is 0.366 e. The van der Waals surface area contributed by atoms with Crippen molar-refractivity contribution in [2.75, 3.05) is 6.61 Å². The van der Waals surface area contributed by atoms with E-state index in [1.165, 1.54) is 0 Å². The third-order valence-electron chi connectivity index (χ3n) is 2.58. The molecule has 0 aliphatic heterocycles. The smallest absolute Gasteiger partial charge is 0.181 e. The number of ether oxygens (including phenoxy) is 1. The van der Waals surface area contributed by atoms with E-state index in [0.29, 0.717) is 25.9 Å². The molecule has 1 rings (SSSR count). The van der Waals surface area contributed by atoms with Crippen LogP contribution in [0, 0.1) is 0 Å². The van der Waals surface area contributed by atoms with Crippen LogP contribution in [-0.2, 0) is 9.53 Å². The van der Waals surface area contributed by atoms with E-state index in [4.69, 9.17) is 16.3 Å². The number of hydrogen-bond donors (Lipinski definition) is 1. The Morgan fingerprint density at radius 3 is 3.00 bits per heavy atom. The summed E-state index contributed by atoms with van der Waals surface area (Å²) in [6, 6.07) is 0.